The van der Waals surface area contributed by atoms with Crippen LogP contribution in [-0.2, 0) is 4.74 Å². The Hall–Kier alpha value is -0.420. The molecule has 0 aliphatic carbocycles. The van der Waals surface area contributed by atoms with Crippen LogP contribution in [0.15, 0.2) is 0 Å². The standard InChI is InChI=1S/C15H30N2O2S/c1-6-12(11-20-5)16-13-7-9-17(10-8-13)14(18)19-15(2,3)4/h12-13,16H,6-11H2,1-5H3. The van der Waals surface area contributed by atoms with Crippen LogP contribution in [-0.4, -0.2) is 53.8 Å². The Morgan fingerprint density at radius 1 is 1.40 bits per heavy atom. The van der Waals surface area contributed by atoms with Gasteiger partial charge in [-0.1, -0.05) is 6.92 Å². The van der Waals surface area contributed by atoms with Gasteiger partial charge in [0.05, 0.1) is 0 Å². The van der Waals surface area contributed by atoms with Gasteiger partial charge in [-0.2, -0.15) is 11.8 Å². The normalized spacial score (nSPS) is 18.9. The van der Waals surface area contributed by atoms with Crippen LogP contribution >= 0.6 is 11.8 Å². The molecule has 0 bridgehead atoms. The highest BCUT2D eigenvalue weighted by molar-refractivity contribution is 7.98. The molecule has 1 N–H and O–H groups in total. The summed E-state index contributed by atoms with van der Waals surface area (Å²) in [6.45, 7) is 9.54. The summed E-state index contributed by atoms with van der Waals surface area (Å²) in [4.78, 5) is 13.8. The fourth-order valence-electron chi connectivity index (χ4n) is 2.37. The zero-order valence-corrected chi connectivity index (χ0v) is 14.4. The van der Waals surface area contributed by atoms with E-state index in [0.717, 1.165) is 38.1 Å². The van der Waals surface area contributed by atoms with Gasteiger partial charge in [-0.25, -0.2) is 4.79 Å². The van der Waals surface area contributed by atoms with Gasteiger partial charge in [-0.15, -0.1) is 0 Å². The molecule has 0 aromatic rings. The monoisotopic (exact) mass is 302 g/mol. The quantitative estimate of drug-likeness (QED) is 0.847. The highest BCUT2D eigenvalue weighted by atomic mass is 32.2. The Morgan fingerprint density at radius 2 is 2.00 bits per heavy atom. The summed E-state index contributed by atoms with van der Waals surface area (Å²) < 4.78 is 5.42. The van der Waals surface area contributed by atoms with Crippen molar-refractivity contribution in [1.82, 2.24) is 10.2 Å². The van der Waals surface area contributed by atoms with Crippen LogP contribution in [0, 0.1) is 0 Å². The molecule has 20 heavy (non-hydrogen) atoms. The number of piperidine rings is 1. The average Bonchev–Trinajstić information content (AvgIpc) is 2.37. The lowest BCUT2D eigenvalue weighted by Crippen LogP contribution is -2.49. The number of ether oxygens (including phenoxy) is 1. The first-order valence-electron chi connectivity index (χ1n) is 7.58. The van der Waals surface area contributed by atoms with Crippen LogP contribution in [0.1, 0.15) is 47.0 Å². The first-order chi connectivity index (χ1) is 9.35. The molecule has 0 spiro atoms. The fourth-order valence-corrected chi connectivity index (χ4v) is 3.11. The summed E-state index contributed by atoms with van der Waals surface area (Å²) in [7, 11) is 0. The Balaban J connectivity index is 2.34. The third kappa shape index (κ3) is 6.35. The molecule has 4 nitrogen and oxygen atoms in total. The third-order valence-electron chi connectivity index (χ3n) is 3.48. The first kappa shape index (κ1) is 17.6. The van der Waals surface area contributed by atoms with Gasteiger partial charge >= 0.3 is 6.09 Å². The number of hydrogen-bond acceptors (Lipinski definition) is 4. The van der Waals surface area contributed by atoms with Crippen LogP contribution in [0.3, 0.4) is 0 Å². The van der Waals surface area contributed by atoms with Crippen LogP contribution in [0.25, 0.3) is 0 Å². The number of thioether (sulfide) groups is 1. The smallest absolute Gasteiger partial charge is 0.410 e. The highest BCUT2D eigenvalue weighted by Crippen LogP contribution is 2.16. The van der Waals surface area contributed by atoms with Crippen molar-refractivity contribution in [1.29, 1.82) is 0 Å². The molecular formula is C15H30N2O2S. The first-order valence-corrected chi connectivity index (χ1v) is 8.98. The highest BCUT2D eigenvalue weighted by Gasteiger charge is 2.27. The molecule has 118 valence electrons. The van der Waals surface area contributed by atoms with Crippen LogP contribution in [0.5, 0.6) is 0 Å². The van der Waals surface area contributed by atoms with E-state index >= 15 is 0 Å². The predicted molar refractivity (Wildman–Crippen MR) is 86.4 cm³/mol. The lowest BCUT2D eigenvalue weighted by molar-refractivity contribution is 0.0196. The van der Waals surface area contributed by atoms with Gasteiger partial charge in [0.2, 0.25) is 0 Å². The SMILES string of the molecule is CCC(CSC)NC1CCN(C(=O)OC(C)(C)C)CC1. The van der Waals surface area contributed by atoms with Gasteiger partial charge in [0.1, 0.15) is 5.60 Å². The lowest BCUT2D eigenvalue weighted by Gasteiger charge is -2.35. The van der Waals surface area contributed by atoms with Crippen molar-refractivity contribution in [2.45, 2.75) is 64.6 Å². The third-order valence-corrected chi connectivity index (χ3v) is 4.21. The number of nitrogens with one attached hydrogen (secondary N) is 1. The minimum absolute atomic E-state index is 0.174. The van der Waals surface area contributed by atoms with Gasteiger partial charge in [-0.05, 0) is 46.3 Å². The van der Waals surface area contributed by atoms with Gasteiger partial charge in [-0.3, -0.25) is 0 Å². The molecule has 1 atom stereocenters. The topological polar surface area (TPSA) is 41.6 Å². The Morgan fingerprint density at radius 3 is 2.45 bits per heavy atom. The van der Waals surface area contributed by atoms with Gasteiger partial charge < -0.3 is 15.0 Å². The molecule has 0 saturated carbocycles. The largest absolute Gasteiger partial charge is 0.444 e. The Bertz CT molecular complexity index is 297. The molecule has 1 heterocycles. The summed E-state index contributed by atoms with van der Waals surface area (Å²) in [6.07, 6.45) is 5.17. The second-order valence-electron chi connectivity index (χ2n) is 6.47. The number of hydrogen-bond donors (Lipinski definition) is 1. The fraction of sp³-hybridized carbons (Fsp3) is 0.933. The molecule has 1 aliphatic heterocycles. The van der Waals surface area contributed by atoms with Crippen molar-refractivity contribution in [2.75, 3.05) is 25.1 Å². The van der Waals surface area contributed by atoms with Gasteiger partial charge in [0.25, 0.3) is 0 Å². The van der Waals surface area contributed by atoms with E-state index in [2.05, 4.69) is 18.5 Å². The van der Waals surface area contributed by atoms with E-state index in [4.69, 9.17) is 4.74 Å². The number of carbonyl (C=O) groups excluding carboxylic acids is 1. The maximum Gasteiger partial charge on any atom is 0.410 e. The minimum Gasteiger partial charge on any atom is -0.444 e. The molecule has 1 fully saturated rings. The van der Waals surface area contributed by atoms with Gasteiger partial charge in [0.15, 0.2) is 0 Å². The number of likely N-dealkylation sites (tertiary alicyclic amines) is 1. The van der Waals surface area contributed by atoms with Crippen LogP contribution in [0.2, 0.25) is 0 Å². The minimum atomic E-state index is -0.405. The zero-order valence-electron chi connectivity index (χ0n) is 13.6. The van der Waals surface area contributed by atoms with Crippen molar-refractivity contribution in [3.63, 3.8) is 0 Å². The number of nitrogens with zero attached hydrogens (tertiary/aromatic N) is 1. The molecule has 0 aromatic heterocycles. The van der Waals surface area contributed by atoms with Crippen molar-refractivity contribution in [3.8, 4) is 0 Å². The van der Waals surface area contributed by atoms with Crippen molar-refractivity contribution in [2.24, 2.45) is 0 Å². The zero-order chi connectivity index (χ0) is 15.2. The molecule has 0 aromatic carbocycles. The molecule has 0 radical (unpaired) electrons. The molecule has 5 heteroatoms. The van der Waals surface area contributed by atoms with Crippen LogP contribution < -0.4 is 5.32 Å². The molecule has 1 aliphatic rings. The summed E-state index contributed by atoms with van der Waals surface area (Å²) in [5.74, 6) is 1.16. The molecular weight excluding hydrogens is 272 g/mol. The summed E-state index contributed by atoms with van der Waals surface area (Å²) in [5.41, 5.74) is -0.405. The van der Waals surface area contributed by atoms with E-state index < -0.39 is 5.60 Å². The van der Waals surface area contributed by atoms with E-state index in [1.54, 1.807) is 0 Å². The Kier molecular flexibility index (Phi) is 7.17. The van der Waals surface area contributed by atoms with Gasteiger partial charge in [0, 0.05) is 30.9 Å². The van der Waals surface area contributed by atoms with Crippen molar-refractivity contribution >= 4 is 17.9 Å². The van der Waals surface area contributed by atoms with Crippen molar-refractivity contribution in [3.05, 3.63) is 0 Å². The van der Waals surface area contributed by atoms with E-state index in [1.807, 2.05) is 37.4 Å². The number of amides is 1. The summed E-state index contributed by atoms with van der Waals surface area (Å²) in [6, 6.07) is 1.12. The lowest BCUT2D eigenvalue weighted by atomic mass is 10.0. The van der Waals surface area contributed by atoms with E-state index in [1.165, 1.54) is 0 Å². The summed E-state index contributed by atoms with van der Waals surface area (Å²) >= 11 is 1.89. The van der Waals surface area contributed by atoms with Crippen LogP contribution in [0.4, 0.5) is 4.79 Å². The predicted octanol–water partition coefficient (Wildman–Crippen LogP) is 3.12. The number of carbonyl (C=O) groups is 1. The van der Waals surface area contributed by atoms with E-state index in [0.29, 0.717) is 12.1 Å². The molecule has 1 unspecified atom stereocenters. The Labute approximate surface area is 128 Å². The molecule has 1 amide bonds. The average molecular weight is 302 g/mol. The molecule has 1 rings (SSSR count). The summed E-state index contributed by atoms with van der Waals surface area (Å²) in [5, 5.41) is 3.71. The van der Waals surface area contributed by atoms with Crippen molar-refractivity contribution < 1.29 is 9.53 Å². The van der Waals surface area contributed by atoms with E-state index in [-0.39, 0.29) is 6.09 Å². The molecule has 1 saturated heterocycles. The second kappa shape index (κ2) is 8.13. The maximum atomic E-state index is 12.0. The number of rotatable bonds is 5. The second-order valence-corrected chi connectivity index (χ2v) is 7.38. The maximum absolute atomic E-state index is 12.0. The van der Waals surface area contributed by atoms with E-state index in [9.17, 15) is 4.79 Å².